The fourth-order valence-corrected chi connectivity index (χ4v) is 12.6. The number of phenolic OH excluding ortho intramolecular Hbond substituents is 6. The molecule has 7 aliphatic heterocycles. The summed E-state index contributed by atoms with van der Waals surface area (Å²) >= 11 is 14.0. The summed E-state index contributed by atoms with van der Waals surface area (Å²) in [6, 6.07) is 4.95. The number of hydrogen-bond acceptors (Lipinski definition) is 23. The van der Waals surface area contributed by atoms with Gasteiger partial charge in [0.2, 0.25) is 47.1 Å². The number of carbonyl (C=O) groups is 8. The second-order valence-electron chi connectivity index (χ2n) is 23.6. The normalized spacial score (nSPS) is 25.2. The Labute approximate surface area is 567 Å². The molecule has 0 saturated carbocycles. The minimum absolute atomic E-state index is 0.0913. The zero-order chi connectivity index (χ0) is 70.7. The van der Waals surface area contributed by atoms with Gasteiger partial charge in [-0.25, -0.2) is 4.79 Å². The number of hydrogen-bond donors (Lipinski definition) is 18. The maximum atomic E-state index is 16.1. The summed E-state index contributed by atoms with van der Waals surface area (Å²) in [6.07, 6.45) is -10.2. The maximum absolute atomic E-state index is 16.1. The topological polar surface area (TPSA) is 495 Å². The van der Waals surface area contributed by atoms with Crippen LogP contribution >= 0.6 is 23.2 Å². The Morgan fingerprint density at radius 1 is 0.576 bits per heavy atom. The van der Waals surface area contributed by atoms with E-state index in [1.54, 1.807) is 0 Å². The second kappa shape index (κ2) is 27.0. The van der Waals surface area contributed by atoms with Gasteiger partial charge < -0.3 is 118 Å². The predicted octanol–water partition coefficient (Wildman–Crippen LogP) is 2.95. The molecule has 0 aromatic heterocycles. The van der Waals surface area contributed by atoms with Crippen molar-refractivity contribution in [1.29, 1.82) is 0 Å². The Kier molecular flexibility index (Phi) is 18.5. The van der Waals surface area contributed by atoms with Gasteiger partial charge in [0.15, 0.2) is 35.3 Å². The third kappa shape index (κ3) is 13.5. The van der Waals surface area contributed by atoms with Crippen molar-refractivity contribution in [2.45, 2.75) is 92.4 Å². The molecule has 0 radical (unpaired) electrons. The highest BCUT2D eigenvalue weighted by Gasteiger charge is 2.49. The summed E-state index contributed by atoms with van der Waals surface area (Å²) in [6.45, 7) is 0.0228. The Morgan fingerprint density at radius 3 is 1.83 bits per heavy atom. The van der Waals surface area contributed by atoms with Crippen molar-refractivity contribution in [3.8, 4) is 80.1 Å². The Morgan fingerprint density at radius 2 is 1.17 bits per heavy atom. The van der Waals surface area contributed by atoms with Gasteiger partial charge in [0.25, 0.3) is 0 Å². The van der Waals surface area contributed by atoms with Gasteiger partial charge in [-0.15, -0.1) is 0 Å². The first-order valence-corrected chi connectivity index (χ1v) is 30.8. The van der Waals surface area contributed by atoms with E-state index in [1.807, 2.05) is 0 Å². The number of fused-ring (bicyclic) bond motifs is 14. The van der Waals surface area contributed by atoms with Gasteiger partial charge in [-0.2, -0.15) is 0 Å². The van der Waals surface area contributed by atoms with Gasteiger partial charge in [0.1, 0.15) is 107 Å². The molecule has 7 aromatic carbocycles. The summed E-state index contributed by atoms with van der Waals surface area (Å²) in [7, 11) is 0. The molecule has 0 aliphatic carbocycles. The molecular formula is C66H58Cl2N8O23. The molecule has 14 rings (SSSR count). The number of amides is 7. The first-order valence-electron chi connectivity index (χ1n) is 30.0. The number of nitrogens with two attached hydrogens (primary N) is 1. The number of carboxylic acid groups (broad SMARTS) is 1. The lowest BCUT2D eigenvalue weighted by atomic mass is 9.89. The van der Waals surface area contributed by atoms with E-state index in [-0.39, 0.29) is 62.3 Å². The summed E-state index contributed by atoms with van der Waals surface area (Å²) in [5.74, 6) is -17.0. The van der Waals surface area contributed by atoms with Crippen LogP contribution in [0.15, 0.2) is 115 Å². The number of benzene rings is 7. The summed E-state index contributed by atoms with van der Waals surface area (Å²) < 4.78 is 31.1. The van der Waals surface area contributed by atoms with Crippen molar-refractivity contribution >= 4 is 70.5 Å². The number of rotatable bonds is 5. The average Bonchev–Trinajstić information content (AvgIpc) is 0.768. The minimum Gasteiger partial charge on any atom is -0.508 e. The van der Waals surface area contributed by atoms with Crippen molar-refractivity contribution in [3.05, 3.63) is 164 Å². The number of aromatic hydroxyl groups is 6. The molecule has 13 atom stereocenters. The molecule has 17 bridgehead atoms. The maximum Gasteiger partial charge on any atom is 0.330 e. The fourth-order valence-electron chi connectivity index (χ4n) is 12.1. The van der Waals surface area contributed by atoms with Crippen molar-refractivity contribution in [2.24, 2.45) is 5.73 Å². The van der Waals surface area contributed by atoms with Crippen molar-refractivity contribution < 1.29 is 113 Å². The van der Waals surface area contributed by atoms with Crippen LogP contribution in [0.25, 0.3) is 11.1 Å². The van der Waals surface area contributed by atoms with Gasteiger partial charge in [0, 0.05) is 42.2 Å². The Hall–Kier alpha value is -11.2. The van der Waals surface area contributed by atoms with E-state index < -0.39 is 206 Å². The van der Waals surface area contributed by atoms with Gasteiger partial charge in [0.05, 0.1) is 16.7 Å². The molecule has 514 valence electrons. The highest BCUT2D eigenvalue weighted by molar-refractivity contribution is 6.32. The van der Waals surface area contributed by atoms with Crippen LogP contribution < -0.4 is 57.2 Å². The number of phenols is 6. The van der Waals surface area contributed by atoms with Crippen LogP contribution in [0.4, 0.5) is 0 Å². The SMILES string of the molecule is CC(=O)N[C@H]1[C@H](O[C@@H]2c3ccc(c(Cl)c3)Oc3cc4cc(c3O)Oc3ccc(cc3Cl)C[C@H]3NC(=O)[C@H](N)c5ccc(O)c(c5)Oc5cc(O)cc(c5)[C@H](NC3=O)C(=O)N[C@H]4C(=O)N[C@H]3C(=O)N[C@@H]2C(=O)N[C@@H](C(=O)O)c2cc(O)cc(O)c2-c2cc3ccc2O)O[C@H](CO)[C@@H](O)[C@@H]1O. The van der Waals surface area contributed by atoms with Crippen molar-refractivity contribution in [1.82, 2.24) is 37.2 Å². The fraction of sp³-hybridized carbons (Fsp3) is 0.242. The summed E-state index contributed by atoms with van der Waals surface area (Å²) in [5.41, 5.74) is 3.85. The molecule has 19 N–H and O–H groups in total. The second-order valence-corrected chi connectivity index (χ2v) is 24.5. The van der Waals surface area contributed by atoms with E-state index in [4.69, 9.17) is 52.6 Å². The Balaban J connectivity index is 1.10. The molecule has 33 heteroatoms. The van der Waals surface area contributed by atoms with E-state index in [9.17, 15) is 65.4 Å². The van der Waals surface area contributed by atoms with Crippen LogP contribution in [0.5, 0.6) is 69.0 Å². The molecule has 1 saturated heterocycles. The van der Waals surface area contributed by atoms with Crippen LogP contribution in [0.3, 0.4) is 0 Å². The van der Waals surface area contributed by atoms with E-state index in [1.165, 1.54) is 48.5 Å². The smallest absolute Gasteiger partial charge is 0.330 e. The lowest BCUT2D eigenvalue weighted by molar-refractivity contribution is -0.284. The third-order valence-corrected chi connectivity index (χ3v) is 17.5. The van der Waals surface area contributed by atoms with Gasteiger partial charge in [-0.3, -0.25) is 33.6 Å². The molecule has 0 unspecified atom stereocenters. The molecule has 99 heavy (non-hydrogen) atoms. The van der Waals surface area contributed by atoms with E-state index in [2.05, 4.69) is 37.2 Å². The van der Waals surface area contributed by atoms with E-state index in [0.29, 0.717) is 0 Å². The first-order chi connectivity index (χ1) is 47.1. The highest BCUT2D eigenvalue weighted by Crippen LogP contribution is 2.49. The molecule has 7 amide bonds. The van der Waals surface area contributed by atoms with Gasteiger partial charge >= 0.3 is 5.97 Å². The molecule has 1 fully saturated rings. The first kappa shape index (κ1) is 67.8. The van der Waals surface area contributed by atoms with E-state index >= 15 is 24.0 Å². The quantitative estimate of drug-likeness (QED) is 0.118. The Bertz CT molecular complexity index is 4520. The van der Waals surface area contributed by atoms with E-state index in [0.717, 1.165) is 73.7 Å². The van der Waals surface area contributed by atoms with Crippen molar-refractivity contribution in [2.75, 3.05) is 6.61 Å². The molecule has 7 aromatic rings. The number of carboxylic acids is 1. The number of aliphatic hydroxyl groups excluding tert-OH is 3. The monoisotopic (exact) mass is 1400 g/mol. The number of aliphatic hydroxyl groups is 3. The molecular weight excluding hydrogens is 1340 g/mol. The van der Waals surface area contributed by atoms with Crippen molar-refractivity contribution in [3.63, 3.8) is 0 Å². The zero-order valence-electron chi connectivity index (χ0n) is 51.0. The summed E-state index contributed by atoms with van der Waals surface area (Å²) in [5, 5.41) is 130. The largest absolute Gasteiger partial charge is 0.508 e. The number of carbonyl (C=O) groups excluding carboxylic acids is 7. The molecule has 7 heterocycles. The average molecular weight is 1400 g/mol. The van der Waals surface area contributed by atoms with Crippen LogP contribution in [0.2, 0.25) is 10.0 Å². The standard InChI is InChI=1S/C66H58Cl2N8O23/c1-23(78)70-53-57(86)56(85)46(22-77)98-66(53)99-58-27-5-9-42(36(68)15-27)97-45-18-29-17-44(55(45)84)96-41-8-2-24(10-35(41)67)11-37-59(87)72-50(28-12-30(79)19-32(13-28)95-43-16-25(3-7-39(43)82)48(69)60(88)71-37)62(90)74-51(29)63(91)73-49-26-4-6-38(81)33(14-26)47-34(20-31(80)21-40(47)83)52(65(93)94)75-64(92)54(58)76-61(49)89/h2-10,12-21,37,46,48-54,56-58,66,77,79-86H,11,22,69H2,1H3,(H,70,78)(H,71,88)(H,72,87)(H,73,91)(H,74,90)(H,75,92)(H,76,89)(H,93,94)/t37-,46-,48-,49-,50+,51-,52-,53-,54+,56-,57-,58-,66+/m1/s1. The van der Waals surface area contributed by atoms with Crippen LogP contribution in [0.1, 0.15) is 82.2 Å². The van der Waals surface area contributed by atoms with Gasteiger partial charge in [-0.1, -0.05) is 47.5 Å². The van der Waals surface area contributed by atoms with Gasteiger partial charge in [-0.05, 0) is 112 Å². The lowest BCUT2D eigenvalue weighted by Crippen LogP contribution is -2.65. The predicted molar refractivity (Wildman–Crippen MR) is 339 cm³/mol. The minimum atomic E-state index is -2.38. The number of aliphatic carboxylic acids is 1. The number of nitrogens with one attached hydrogen (secondary N) is 7. The highest BCUT2D eigenvalue weighted by atomic mass is 35.5. The number of halogens is 2. The molecule has 0 spiro atoms. The number of ether oxygens (including phenoxy) is 5. The molecule has 31 nitrogen and oxygen atoms in total. The van der Waals surface area contributed by atoms with Crippen LogP contribution in [-0.4, -0.2) is 148 Å². The third-order valence-electron chi connectivity index (χ3n) is 17.0. The lowest BCUT2D eigenvalue weighted by Gasteiger charge is -2.44. The van der Waals surface area contributed by atoms with Crippen LogP contribution in [-0.2, 0) is 54.3 Å². The van der Waals surface area contributed by atoms with Crippen LogP contribution in [0, 0.1) is 0 Å². The zero-order valence-corrected chi connectivity index (χ0v) is 52.5. The summed E-state index contributed by atoms with van der Waals surface area (Å²) in [4.78, 5) is 119. The molecule has 7 aliphatic rings.